The summed E-state index contributed by atoms with van der Waals surface area (Å²) in [5, 5.41) is 14.7. The Kier molecular flexibility index (Phi) is 4.45. The number of hydrogen-bond donors (Lipinski definition) is 1. The first-order valence-electron chi connectivity index (χ1n) is 6.58. The second-order valence-corrected chi connectivity index (χ2v) is 5.79. The Morgan fingerprint density at radius 3 is 2.83 bits per heavy atom. The third-order valence-corrected chi connectivity index (χ3v) is 4.58. The van der Waals surface area contributed by atoms with E-state index < -0.39 is 6.10 Å². The molecule has 3 atom stereocenters. The summed E-state index contributed by atoms with van der Waals surface area (Å²) in [7, 11) is 0. The van der Waals surface area contributed by atoms with Crippen molar-refractivity contribution in [3.05, 3.63) is 15.9 Å². The van der Waals surface area contributed by atoms with Gasteiger partial charge in [-0.3, -0.25) is 4.68 Å². The molecule has 1 aliphatic heterocycles. The fourth-order valence-electron chi connectivity index (χ4n) is 2.51. The fourth-order valence-corrected chi connectivity index (χ4v) is 2.96. The lowest BCUT2D eigenvalue weighted by Crippen LogP contribution is -2.29. The molecular weight excluding hydrogens is 296 g/mol. The lowest BCUT2D eigenvalue weighted by atomic mass is 10.1. The van der Waals surface area contributed by atoms with Crippen molar-refractivity contribution in [3.63, 3.8) is 0 Å². The fraction of sp³-hybridized carbons (Fsp3) is 0.769. The summed E-state index contributed by atoms with van der Waals surface area (Å²) in [5.74, 6) is 0. The quantitative estimate of drug-likeness (QED) is 0.928. The molecule has 0 aromatic carbocycles. The highest BCUT2D eigenvalue weighted by atomic mass is 79.9. The van der Waals surface area contributed by atoms with Gasteiger partial charge >= 0.3 is 0 Å². The minimum Gasteiger partial charge on any atom is -0.390 e. The number of aliphatic hydroxyl groups is 1. The smallest absolute Gasteiger partial charge is 0.0857 e. The maximum absolute atomic E-state index is 10.3. The molecule has 0 aliphatic carbocycles. The van der Waals surface area contributed by atoms with Crippen LogP contribution in [0, 0.1) is 6.92 Å². The molecule has 1 fully saturated rings. The van der Waals surface area contributed by atoms with Gasteiger partial charge in [0.2, 0.25) is 0 Å². The van der Waals surface area contributed by atoms with Crippen LogP contribution in [0.2, 0.25) is 0 Å². The number of nitrogens with zero attached hydrogens (tertiary/aromatic N) is 2. The third-order valence-electron chi connectivity index (χ3n) is 3.55. The van der Waals surface area contributed by atoms with Crippen molar-refractivity contribution < 1.29 is 9.84 Å². The Hall–Kier alpha value is -0.390. The molecule has 2 rings (SSSR count). The number of aryl methyl sites for hydroxylation is 2. The van der Waals surface area contributed by atoms with Crippen LogP contribution in [0.1, 0.15) is 38.1 Å². The molecule has 4 nitrogen and oxygen atoms in total. The predicted octanol–water partition coefficient (Wildman–Crippen LogP) is 2.44. The van der Waals surface area contributed by atoms with E-state index in [0.29, 0.717) is 6.42 Å². The largest absolute Gasteiger partial charge is 0.390 e. The average Bonchev–Trinajstić information content (AvgIpc) is 2.88. The van der Waals surface area contributed by atoms with Gasteiger partial charge in [-0.25, -0.2) is 0 Å². The Morgan fingerprint density at radius 2 is 2.28 bits per heavy atom. The van der Waals surface area contributed by atoms with Crippen LogP contribution in [0.15, 0.2) is 4.47 Å². The van der Waals surface area contributed by atoms with Crippen LogP contribution in [-0.2, 0) is 17.7 Å². The molecule has 0 amide bonds. The molecular formula is C13H21BrN2O2. The number of hydrogen-bond acceptors (Lipinski definition) is 3. The zero-order valence-corrected chi connectivity index (χ0v) is 12.8. The van der Waals surface area contributed by atoms with Crippen LogP contribution in [0.5, 0.6) is 0 Å². The van der Waals surface area contributed by atoms with Crippen molar-refractivity contribution in [1.82, 2.24) is 9.78 Å². The number of aliphatic hydroxyl groups excluding tert-OH is 1. The normalized spacial score (nSPS) is 25.6. The highest BCUT2D eigenvalue weighted by molar-refractivity contribution is 9.10. The SMILES string of the molecule is CCn1nc(C)c(Br)c1CC(O)C1CCC(C)O1. The Bertz CT molecular complexity index is 419. The zero-order chi connectivity index (χ0) is 13.3. The summed E-state index contributed by atoms with van der Waals surface area (Å²) >= 11 is 3.56. The van der Waals surface area contributed by atoms with E-state index in [1.807, 2.05) is 11.6 Å². The average molecular weight is 317 g/mol. The molecule has 1 aliphatic rings. The minimum atomic E-state index is -0.451. The Labute approximate surface area is 116 Å². The van der Waals surface area contributed by atoms with Crippen LogP contribution in [0.4, 0.5) is 0 Å². The van der Waals surface area contributed by atoms with Crippen LogP contribution < -0.4 is 0 Å². The van der Waals surface area contributed by atoms with Gasteiger partial charge in [0.15, 0.2) is 0 Å². The van der Waals surface area contributed by atoms with E-state index in [1.54, 1.807) is 0 Å². The number of ether oxygens (including phenoxy) is 1. The van der Waals surface area contributed by atoms with Crippen LogP contribution >= 0.6 is 15.9 Å². The molecule has 5 heteroatoms. The number of rotatable bonds is 4. The van der Waals surface area contributed by atoms with Crippen molar-refractivity contribution in [1.29, 1.82) is 0 Å². The molecule has 2 heterocycles. The maximum Gasteiger partial charge on any atom is 0.0857 e. The van der Waals surface area contributed by atoms with Gasteiger partial charge in [0.25, 0.3) is 0 Å². The first-order chi connectivity index (χ1) is 8.52. The molecule has 0 radical (unpaired) electrons. The van der Waals surface area contributed by atoms with E-state index in [4.69, 9.17) is 4.74 Å². The van der Waals surface area contributed by atoms with Crippen molar-refractivity contribution in [2.24, 2.45) is 0 Å². The van der Waals surface area contributed by atoms with E-state index in [1.165, 1.54) is 0 Å². The molecule has 18 heavy (non-hydrogen) atoms. The number of halogens is 1. The van der Waals surface area contributed by atoms with Gasteiger partial charge in [-0.1, -0.05) is 0 Å². The summed E-state index contributed by atoms with van der Waals surface area (Å²) in [6.07, 6.45) is 2.35. The summed E-state index contributed by atoms with van der Waals surface area (Å²) in [5.41, 5.74) is 2.03. The highest BCUT2D eigenvalue weighted by Crippen LogP contribution is 2.27. The lowest BCUT2D eigenvalue weighted by molar-refractivity contribution is -0.0285. The molecule has 0 saturated carbocycles. The van der Waals surface area contributed by atoms with E-state index in [0.717, 1.165) is 35.2 Å². The second kappa shape index (κ2) is 5.72. The molecule has 3 unspecified atom stereocenters. The molecule has 1 saturated heterocycles. The van der Waals surface area contributed by atoms with E-state index >= 15 is 0 Å². The van der Waals surface area contributed by atoms with Gasteiger partial charge in [0.05, 0.1) is 34.2 Å². The lowest BCUT2D eigenvalue weighted by Gasteiger charge is -2.19. The van der Waals surface area contributed by atoms with E-state index in [2.05, 4.69) is 34.9 Å². The van der Waals surface area contributed by atoms with E-state index in [9.17, 15) is 5.11 Å². The van der Waals surface area contributed by atoms with Crippen molar-refractivity contribution in [2.45, 2.75) is 64.9 Å². The Morgan fingerprint density at radius 1 is 1.56 bits per heavy atom. The monoisotopic (exact) mass is 316 g/mol. The third kappa shape index (κ3) is 2.78. The highest BCUT2D eigenvalue weighted by Gasteiger charge is 2.29. The first-order valence-corrected chi connectivity index (χ1v) is 7.37. The summed E-state index contributed by atoms with van der Waals surface area (Å²) < 4.78 is 8.67. The van der Waals surface area contributed by atoms with Gasteiger partial charge in [0, 0.05) is 13.0 Å². The van der Waals surface area contributed by atoms with Crippen molar-refractivity contribution in [3.8, 4) is 0 Å². The Balaban J connectivity index is 2.09. The molecule has 1 N–H and O–H groups in total. The topological polar surface area (TPSA) is 47.3 Å². The summed E-state index contributed by atoms with van der Waals surface area (Å²) in [6.45, 7) is 6.91. The molecule has 1 aromatic heterocycles. The van der Waals surface area contributed by atoms with Crippen LogP contribution in [0.25, 0.3) is 0 Å². The molecule has 1 aromatic rings. The second-order valence-electron chi connectivity index (χ2n) is 5.00. The van der Waals surface area contributed by atoms with Gasteiger partial charge in [-0.2, -0.15) is 5.10 Å². The molecule has 102 valence electrons. The van der Waals surface area contributed by atoms with Gasteiger partial charge in [-0.15, -0.1) is 0 Å². The van der Waals surface area contributed by atoms with Crippen LogP contribution in [0.3, 0.4) is 0 Å². The molecule has 0 spiro atoms. The minimum absolute atomic E-state index is 0.0348. The van der Waals surface area contributed by atoms with E-state index in [-0.39, 0.29) is 12.2 Å². The van der Waals surface area contributed by atoms with Crippen molar-refractivity contribution in [2.75, 3.05) is 0 Å². The van der Waals surface area contributed by atoms with Crippen molar-refractivity contribution >= 4 is 15.9 Å². The number of aromatic nitrogens is 2. The van der Waals surface area contributed by atoms with Crippen LogP contribution in [-0.4, -0.2) is 33.2 Å². The standard InChI is InChI=1S/C13H21BrN2O2/c1-4-16-10(13(14)9(3)15-16)7-11(17)12-6-5-8(2)18-12/h8,11-12,17H,4-7H2,1-3H3. The van der Waals surface area contributed by atoms with Gasteiger partial charge in [-0.05, 0) is 49.5 Å². The summed E-state index contributed by atoms with van der Waals surface area (Å²) in [4.78, 5) is 0. The maximum atomic E-state index is 10.3. The van der Waals surface area contributed by atoms with Gasteiger partial charge in [0.1, 0.15) is 0 Å². The molecule has 0 bridgehead atoms. The summed E-state index contributed by atoms with van der Waals surface area (Å²) in [6, 6.07) is 0. The zero-order valence-electron chi connectivity index (χ0n) is 11.2. The van der Waals surface area contributed by atoms with Gasteiger partial charge < -0.3 is 9.84 Å². The first kappa shape index (κ1) is 14.0. The predicted molar refractivity (Wildman–Crippen MR) is 73.6 cm³/mol.